The summed E-state index contributed by atoms with van der Waals surface area (Å²) in [5.74, 6) is 0.746. The first kappa shape index (κ1) is 19.6. The number of rotatable bonds is 7. The maximum absolute atomic E-state index is 12.2. The molecule has 1 atom stereocenters. The third-order valence-electron chi connectivity index (χ3n) is 3.95. The van der Waals surface area contributed by atoms with E-state index in [9.17, 15) is 13.2 Å². The SMILES string of the molecule is N[C@@H](CNc1cc(-c2ccc(OCC(F)(F)F)cc2)ncn1)c1ccccc1. The van der Waals surface area contributed by atoms with Gasteiger partial charge in [-0.3, -0.25) is 0 Å². The molecule has 146 valence electrons. The maximum atomic E-state index is 12.2. The topological polar surface area (TPSA) is 73.1 Å². The standard InChI is InChI=1S/C20H19F3N4O/c21-20(22,23)12-28-16-8-6-15(7-9-16)18-10-19(27-13-26-18)25-11-17(24)14-4-2-1-3-5-14/h1-10,13,17H,11-12,24H2,(H,25,26,27)/t17-/m0/s1. The monoisotopic (exact) mass is 388 g/mol. The molecule has 3 N–H and O–H groups in total. The Hall–Kier alpha value is -3.13. The van der Waals surface area contributed by atoms with Crippen LogP contribution in [-0.4, -0.2) is 29.3 Å². The van der Waals surface area contributed by atoms with Crippen LogP contribution in [0.3, 0.4) is 0 Å². The average Bonchev–Trinajstić information content (AvgIpc) is 2.71. The summed E-state index contributed by atoms with van der Waals surface area (Å²) in [5.41, 5.74) is 8.55. The smallest absolute Gasteiger partial charge is 0.422 e. The minimum atomic E-state index is -4.37. The number of ether oxygens (including phenoxy) is 1. The first-order valence-electron chi connectivity index (χ1n) is 8.57. The molecule has 3 aromatic rings. The number of nitrogens with one attached hydrogen (secondary N) is 1. The predicted molar refractivity (Wildman–Crippen MR) is 101 cm³/mol. The van der Waals surface area contributed by atoms with Crippen LogP contribution in [0.4, 0.5) is 19.0 Å². The third kappa shape index (κ3) is 5.68. The molecule has 2 aromatic carbocycles. The van der Waals surface area contributed by atoms with Gasteiger partial charge in [-0.05, 0) is 29.8 Å². The molecular weight excluding hydrogens is 369 g/mol. The maximum Gasteiger partial charge on any atom is 0.422 e. The highest BCUT2D eigenvalue weighted by Gasteiger charge is 2.28. The number of hydrogen-bond acceptors (Lipinski definition) is 5. The van der Waals surface area contributed by atoms with E-state index in [0.29, 0.717) is 18.1 Å². The van der Waals surface area contributed by atoms with Crippen LogP contribution in [0, 0.1) is 0 Å². The van der Waals surface area contributed by atoms with E-state index in [2.05, 4.69) is 15.3 Å². The molecule has 0 saturated heterocycles. The highest BCUT2D eigenvalue weighted by atomic mass is 19.4. The molecule has 0 aliphatic rings. The van der Waals surface area contributed by atoms with Crippen molar-refractivity contribution in [1.82, 2.24) is 9.97 Å². The zero-order valence-corrected chi connectivity index (χ0v) is 14.9. The molecule has 0 amide bonds. The minimum Gasteiger partial charge on any atom is -0.484 e. The first-order valence-corrected chi connectivity index (χ1v) is 8.57. The van der Waals surface area contributed by atoms with Gasteiger partial charge in [-0.1, -0.05) is 30.3 Å². The molecule has 0 aliphatic carbocycles. The van der Waals surface area contributed by atoms with Gasteiger partial charge in [0.25, 0.3) is 0 Å². The Kier molecular flexibility index (Phi) is 6.10. The Balaban J connectivity index is 1.63. The summed E-state index contributed by atoms with van der Waals surface area (Å²) in [5, 5.41) is 3.18. The van der Waals surface area contributed by atoms with Crippen molar-refractivity contribution in [3.8, 4) is 17.0 Å². The molecule has 0 fully saturated rings. The van der Waals surface area contributed by atoms with Crippen molar-refractivity contribution < 1.29 is 17.9 Å². The molecule has 0 unspecified atom stereocenters. The number of aromatic nitrogens is 2. The summed E-state index contributed by atoms with van der Waals surface area (Å²) in [6, 6.07) is 17.5. The van der Waals surface area contributed by atoms with Crippen molar-refractivity contribution in [2.45, 2.75) is 12.2 Å². The van der Waals surface area contributed by atoms with Crippen LogP contribution in [0.25, 0.3) is 11.3 Å². The third-order valence-corrected chi connectivity index (χ3v) is 3.95. The normalized spacial score (nSPS) is 12.4. The second-order valence-corrected chi connectivity index (χ2v) is 6.11. The highest BCUT2D eigenvalue weighted by Crippen LogP contribution is 2.24. The van der Waals surface area contributed by atoms with Crippen molar-refractivity contribution in [1.29, 1.82) is 0 Å². The van der Waals surface area contributed by atoms with Gasteiger partial charge in [0, 0.05) is 24.2 Å². The lowest BCUT2D eigenvalue weighted by Crippen LogP contribution is -2.20. The molecule has 28 heavy (non-hydrogen) atoms. The summed E-state index contributed by atoms with van der Waals surface area (Å²) in [6.45, 7) is -0.833. The van der Waals surface area contributed by atoms with Crippen LogP contribution in [0.5, 0.6) is 5.75 Å². The Labute approximate surface area is 160 Å². The summed E-state index contributed by atoms with van der Waals surface area (Å²) < 4.78 is 41.3. The van der Waals surface area contributed by atoms with E-state index in [-0.39, 0.29) is 11.8 Å². The van der Waals surface area contributed by atoms with Gasteiger partial charge in [-0.15, -0.1) is 0 Å². The lowest BCUT2D eigenvalue weighted by molar-refractivity contribution is -0.153. The predicted octanol–water partition coefficient (Wildman–Crippen LogP) is 4.20. The van der Waals surface area contributed by atoms with Crippen LogP contribution in [-0.2, 0) is 0 Å². The fraction of sp³-hybridized carbons (Fsp3) is 0.200. The van der Waals surface area contributed by atoms with Gasteiger partial charge in [-0.25, -0.2) is 9.97 Å². The number of benzene rings is 2. The average molecular weight is 388 g/mol. The quantitative estimate of drug-likeness (QED) is 0.635. The lowest BCUT2D eigenvalue weighted by atomic mass is 10.1. The van der Waals surface area contributed by atoms with Crippen molar-refractivity contribution >= 4 is 5.82 Å². The molecular formula is C20H19F3N4O. The number of nitrogens with two attached hydrogens (primary N) is 1. The summed E-state index contributed by atoms with van der Waals surface area (Å²) >= 11 is 0. The Morgan fingerprint density at radius 2 is 1.71 bits per heavy atom. The van der Waals surface area contributed by atoms with Crippen LogP contribution in [0.2, 0.25) is 0 Å². The summed E-state index contributed by atoms with van der Waals surface area (Å²) in [4.78, 5) is 8.38. The van der Waals surface area contributed by atoms with Crippen LogP contribution in [0.15, 0.2) is 67.0 Å². The molecule has 1 aromatic heterocycles. The number of hydrogen-bond donors (Lipinski definition) is 2. The second-order valence-electron chi connectivity index (χ2n) is 6.11. The molecule has 0 bridgehead atoms. The fourth-order valence-electron chi connectivity index (χ4n) is 2.53. The van der Waals surface area contributed by atoms with Crippen molar-refractivity contribution in [3.05, 3.63) is 72.6 Å². The van der Waals surface area contributed by atoms with Crippen LogP contribution in [0.1, 0.15) is 11.6 Å². The largest absolute Gasteiger partial charge is 0.484 e. The molecule has 0 aliphatic heterocycles. The van der Waals surface area contributed by atoms with E-state index in [4.69, 9.17) is 10.5 Å². The Morgan fingerprint density at radius 3 is 2.39 bits per heavy atom. The van der Waals surface area contributed by atoms with E-state index in [1.807, 2.05) is 30.3 Å². The molecule has 1 heterocycles. The molecule has 8 heteroatoms. The zero-order valence-electron chi connectivity index (χ0n) is 14.9. The number of anilines is 1. The second kappa shape index (κ2) is 8.71. The van der Waals surface area contributed by atoms with Gasteiger partial charge in [0.15, 0.2) is 6.61 Å². The van der Waals surface area contributed by atoms with Gasteiger partial charge >= 0.3 is 6.18 Å². The summed E-state index contributed by atoms with van der Waals surface area (Å²) in [6.07, 6.45) is -2.95. The zero-order chi connectivity index (χ0) is 20.0. The van der Waals surface area contributed by atoms with Crippen molar-refractivity contribution in [2.75, 3.05) is 18.5 Å². The van der Waals surface area contributed by atoms with E-state index >= 15 is 0 Å². The van der Waals surface area contributed by atoms with E-state index in [1.165, 1.54) is 18.5 Å². The molecule has 0 radical (unpaired) electrons. The number of nitrogens with zero attached hydrogens (tertiary/aromatic N) is 2. The van der Waals surface area contributed by atoms with Gasteiger partial charge in [-0.2, -0.15) is 13.2 Å². The Bertz CT molecular complexity index is 886. The van der Waals surface area contributed by atoms with Gasteiger partial charge in [0.1, 0.15) is 17.9 Å². The molecule has 0 spiro atoms. The van der Waals surface area contributed by atoms with E-state index < -0.39 is 12.8 Å². The first-order chi connectivity index (χ1) is 13.4. The molecule has 5 nitrogen and oxygen atoms in total. The van der Waals surface area contributed by atoms with Gasteiger partial charge in [0.05, 0.1) is 5.69 Å². The van der Waals surface area contributed by atoms with Gasteiger partial charge < -0.3 is 15.8 Å². The van der Waals surface area contributed by atoms with Crippen LogP contribution < -0.4 is 15.8 Å². The minimum absolute atomic E-state index is 0.141. The Morgan fingerprint density at radius 1 is 1.00 bits per heavy atom. The number of halogens is 3. The van der Waals surface area contributed by atoms with E-state index in [1.54, 1.807) is 18.2 Å². The number of alkyl halides is 3. The highest BCUT2D eigenvalue weighted by molar-refractivity contribution is 5.62. The lowest BCUT2D eigenvalue weighted by Gasteiger charge is -2.14. The molecule has 0 saturated carbocycles. The van der Waals surface area contributed by atoms with Crippen LogP contribution >= 0.6 is 0 Å². The van der Waals surface area contributed by atoms with Gasteiger partial charge in [0.2, 0.25) is 0 Å². The van der Waals surface area contributed by atoms with Crippen molar-refractivity contribution in [2.24, 2.45) is 5.73 Å². The summed E-state index contributed by atoms with van der Waals surface area (Å²) in [7, 11) is 0. The fourth-order valence-corrected chi connectivity index (χ4v) is 2.53. The van der Waals surface area contributed by atoms with Crippen molar-refractivity contribution in [3.63, 3.8) is 0 Å². The molecule has 3 rings (SSSR count). The van der Waals surface area contributed by atoms with E-state index in [0.717, 1.165) is 11.1 Å².